The second-order valence-corrected chi connectivity index (χ2v) is 8.51. The highest BCUT2D eigenvalue weighted by Gasteiger charge is 2.18. The summed E-state index contributed by atoms with van der Waals surface area (Å²) in [5.41, 5.74) is 7.04. The van der Waals surface area contributed by atoms with Crippen LogP contribution in [0.5, 0.6) is 0 Å². The molecule has 3 N–H and O–H groups in total. The number of rotatable bonds is 16. The second-order valence-electron chi connectivity index (χ2n) is 8.51. The van der Waals surface area contributed by atoms with Gasteiger partial charge in [-0.05, 0) is 49.8 Å². The Bertz CT molecular complexity index is 493. The topological polar surface area (TPSA) is 55.1 Å². The number of likely N-dealkylation sites (N-methyl/N-ethyl adjacent to an activating group) is 1. The van der Waals surface area contributed by atoms with Crippen molar-refractivity contribution in [1.29, 1.82) is 0 Å². The minimum atomic E-state index is -0.321. The minimum absolute atomic E-state index is 0.0237. The van der Waals surface area contributed by atoms with Gasteiger partial charge in [-0.25, -0.2) is 0 Å². The number of hydrogen-bond acceptors (Lipinski definition) is 3. The van der Waals surface area contributed by atoms with E-state index < -0.39 is 0 Å². The molecule has 162 valence electrons. The van der Waals surface area contributed by atoms with Gasteiger partial charge in [0.15, 0.2) is 5.78 Å². The molecule has 0 fully saturated rings. The molecule has 0 aromatic carbocycles. The van der Waals surface area contributed by atoms with E-state index in [1.807, 2.05) is 20.0 Å². The first-order valence-corrected chi connectivity index (χ1v) is 11.3. The van der Waals surface area contributed by atoms with Crippen molar-refractivity contribution in [2.24, 2.45) is 29.4 Å². The fourth-order valence-electron chi connectivity index (χ4n) is 4.03. The monoisotopic (exact) mass is 390 g/mol. The quantitative estimate of drug-likeness (QED) is 0.203. The van der Waals surface area contributed by atoms with Crippen molar-refractivity contribution in [2.75, 3.05) is 13.6 Å². The minimum Gasteiger partial charge on any atom is -0.327 e. The van der Waals surface area contributed by atoms with Crippen molar-refractivity contribution < 1.29 is 4.79 Å². The van der Waals surface area contributed by atoms with E-state index >= 15 is 0 Å². The van der Waals surface area contributed by atoms with Crippen LogP contribution >= 0.6 is 0 Å². The Morgan fingerprint density at radius 2 is 1.79 bits per heavy atom. The van der Waals surface area contributed by atoms with Crippen LogP contribution in [0.3, 0.4) is 0 Å². The number of carbonyl (C=O) groups is 1. The number of ketones is 1. The molecule has 0 amide bonds. The van der Waals surface area contributed by atoms with Crippen LogP contribution in [-0.4, -0.2) is 25.4 Å². The molecule has 5 atom stereocenters. The lowest BCUT2D eigenvalue weighted by Gasteiger charge is -2.25. The first-order chi connectivity index (χ1) is 13.3. The Morgan fingerprint density at radius 3 is 2.29 bits per heavy atom. The Labute approximate surface area is 174 Å². The van der Waals surface area contributed by atoms with Gasteiger partial charge in [-0.1, -0.05) is 78.0 Å². The summed E-state index contributed by atoms with van der Waals surface area (Å²) in [7, 11) is 1.94. The van der Waals surface area contributed by atoms with E-state index in [0.29, 0.717) is 5.92 Å². The van der Waals surface area contributed by atoms with Crippen molar-refractivity contribution >= 4 is 5.78 Å². The normalized spacial score (nSPS) is 17.9. The lowest BCUT2D eigenvalue weighted by atomic mass is 9.80. The molecule has 0 spiro atoms. The highest BCUT2D eigenvalue weighted by Crippen LogP contribution is 2.29. The number of hydrogen-bond donors (Lipinski definition) is 2. The van der Waals surface area contributed by atoms with E-state index in [1.54, 1.807) is 12.2 Å². The predicted molar refractivity (Wildman–Crippen MR) is 124 cm³/mol. The molecule has 0 saturated carbocycles. The van der Waals surface area contributed by atoms with Gasteiger partial charge >= 0.3 is 0 Å². The van der Waals surface area contributed by atoms with Crippen LogP contribution in [0.15, 0.2) is 36.5 Å². The molecule has 0 bridgehead atoms. The van der Waals surface area contributed by atoms with Crippen LogP contribution in [0, 0.1) is 23.7 Å². The van der Waals surface area contributed by atoms with Gasteiger partial charge in [0.25, 0.3) is 0 Å². The number of carbonyl (C=O) groups excluding carboxylic acids is 1. The molecule has 0 radical (unpaired) electrons. The average Bonchev–Trinajstić information content (AvgIpc) is 2.63. The van der Waals surface area contributed by atoms with Crippen LogP contribution < -0.4 is 11.1 Å². The summed E-state index contributed by atoms with van der Waals surface area (Å²) in [4.78, 5) is 12.4. The zero-order chi connectivity index (χ0) is 21.5. The largest absolute Gasteiger partial charge is 0.327 e. The van der Waals surface area contributed by atoms with Gasteiger partial charge in [0.1, 0.15) is 0 Å². The van der Waals surface area contributed by atoms with Crippen molar-refractivity contribution in [3.8, 4) is 0 Å². The van der Waals surface area contributed by atoms with Crippen LogP contribution in [-0.2, 0) is 4.79 Å². The van der Waals surface area contributed by atoms with Crippen LogP contribution in [0.4, 0.5) is 0 Å². The van der Waals surface area contributed by atoms with Crippen molar-refractivity contribution in [1.82, 2.24) is 5.32 Å². The van der Waals surface area contributed by atoms with E-state index in [4.69, 9.17) is 5.73 Å². The molecule has 0 saturated heterocycles. The van der Waals surface area contributed by atoms with Gasteiger partial charge in [0.05, 0.1) is 5.92 Å². The Kier molecular flexibility index (Phi) is 15.0. The number of unbranched alkanes of at least 4 members (excludes halogenated alkanes) is 1. The summed E-state index contributed by atoms with van der Waals surface area (Å²) in [6, 6.07) is -0.218. The van der Waals surface area contributed by atoms with E-state index in [0.717, 1.165) is 24.0 Å². The second kappa shape index (κ2) is 15.7. The fourth-order valence-corrected chi connectivity index (χ4v) is 4.03. The van der Waals surface area contributed by atoms with E-state index in [9.17, 15) is 4.79 Å². The van der Waals surface area contributed by atoms with Crippen LogP contribution in [0.25, 0.3) is 0 Å². The van der Waals surface area contributed by atoms with Crippen LogP contribution in [0.1, 0.15) is 73.1 Å². The van der Waals surface area contributed by atoms with Gasteiger partial charge in [-0.15, -0.1) is 6.58 Å². The predicted octanol–water partition coefficient (Wildman–Crippen LogP) is 5.68. The van der Waals surface area contributed by atoms with Crippen molar-refractivity contribution in [3.05, 3.63) is 36.5 Å². The summed E-state index contributed by atoms with van der Waals surface area (Å²) < 4.78 is 0. The first kappa shape index (κ1) is 26.8. The van der Waals surface area contributed by atoms with Crippen molar-refractivity contribution in [2.45, 2.75) is 79.2 Å². The summed E-state index contributed by atoms with van der Waals surface area (Å²) in [6.45, 7) is 15.6. The first-order valence-electron chi connectivity index (χ1n) is 11.3. The smallest absolute Gasteiger partial charge is 0.164 e. The lowest BCUT2D eigenvalue weighted by molar-refractivity contribution is -0.117. The molecule has 0 rings (SSSR count). The maximum atomic E-state index is 12.4. The number of nitrogens with one attached hydrogen (secondary N) is 1. The number of allylic oxidation sites excluding steroid dienone is 2. The summed E-state index contributed by atoms with van der Waals surface area (Å²) in [5.74, 6) is 1.74. The molecule has 3 nitrogen and oxygen atoms in total. The van der Waals surface area contributed by atoms with Crippen molar-refractivity contribution in [3.63, 3.8) is 0 Å². The Morgan fingerprint density at radius 1 is 1.11 bits per heavy atom. The SMILES string of the molecule is C=CC(C(=O)/C=C/C(=C/C(C)CC(C)C(CCC)CCCC)CNC)C(C)N. The third-order valence-electron chi connectivity index (χ3n) is 5.63. The average molecular weight is 391 g/mol. The van der Waals surface area contributed by atoms with Gasteiger partial charge in [0, 0.05) is 12.6 Å². The molecule has 0 aromatic rings. The highest BCUT2D eigenvalue weighted by molar-refractivity contribution is 5.93. The number of nitrogens with two attached hydrogens (primary N) is 1. The molecule has 28 heavy (non-hydrogen) atoms. The molecular formula is C25H46N2O. The molecule has 0 aliphatic rings. The standard InChI is InChI=1S/C25H46N2O/c1-8-11-13-23(12-9-2)20(5)16-19(4)17-22(18-27-7)14-15-25(28)24(10-3)21(6)26/h10,14-15,17,19-21,23-24,27H,3,8-9,11-13,16,18,26H2,1-2,4-7H3/b15-14+,22-17-. The third kappa shape index (κ3) is 11.0. The summed E-state index contributed by atoms with van der Waals surface area (Å²) in [6.07, 6.45) is 15.3. The summed E-state index contributed by atoms with van der Waals surface area (Å²) >= 11 is 0. The Hall–Kier alpha value is -1.19. The Balaban J connectivity index is 5.06. The highest BCUT2D eigenvalue weighted by atomic mass is 16.1. The molecular weight excluding hydrogens is 344 g/mol. The van der Waals surface area contributed by atoms with Crippen LogP contribution in [0.2, 0.25) is 0 Å². The van der Waals surface area contributed by atoms with E-state index in [1.165, 1.54) is 38.5 Å². The molecule has 0 aliphatic heterocycles. The molecule has 0 aliphatic carbocycles. The molecule has 0 heterocycles. The van der Waals surface area contributed by atoms with E-state index in [-0.39, 0.29) is 17.7 Å². The van der Waals surface area contributed by atoms with Gasteiger partial charge in [-0.2, -0.15) is 0 Å². The van der Waals surface area contributed by atoms with Gasteiger partial charge in [0.2, 0.25) is 0 Å². The van der Waals surface area contributed by atoms with E-state index in [2.05, 4.69) is 45.7 Å². The maximum Gasteiger partial charge on any atom is 0.164 e. The lowest BCUT2D eigenvalue weighted by Crippen LogP contribution is -2.30. The third-order valence-corrected chi connectivity index (χ3v) is 5.63. The zero-order valence-corrected chi connectivity index (χ0v) is 19.3. The fraction of sp³-hybridized carbons (Fsp3) is 0.720. The van der Waals surface area contributed by atoms with Gasteiger partial charge < -0.3 is 11.1 Å². The molecule has 3 heteroatoms. The maximum absolute atomic E-state index is 12.4. The summed E-state index contributed by atoms with van der Waals surface area (Å²) in [5, 5.41) is 3.21. The van der Waals surface area contributed by atoms with Gasteiger partial charge in [-0.3, -0.25) is 4.79 Å². The zero-order valence-electron chi connectivity index (χ0n) is 19.3. The molecule has 0 aromatic heterocycles. The molecule has 5 unspecified atom stereocenters.